The number of carbonyl (C=O) groups is 1. The number of aromatic nitrogens is 1. The summed E-state index contributed by atoms with van der Waals surface area (Å²) in [6.45, 7) is 1.41. The van der Waals surface area contributed by atoms with Gasteiger partial charge in [-0.15, -0.1) is 0 Å². The van der Waals surface area contributed by atoms with Crippen molar-refractivity contribution >= 4 is 22.6 Å². The van der Waals surface area contributed by atoms with Crippen molar-refractivity contribution in [2.24, 2.45) is 0 Å². The van der Waals surface area contributed by atoms with E-state index in [0.717, 1.165) is 36.0 Å². The zero-order valence-corrected chi connectivity index (χ0v) is 12.1. The van der Waals surface area contributed by atoms with Crippen LogP contribution in [0.1, 0.15) is 12.8 Å². The smallest absolute Gasteiger partial charge is 0.321 e. The Balaban J connectivity index is 1.70. The van der Waals surface area contributed by atoms with E-state index in [1.54, 1.807) is 18.1 Å². The summed E-state index contributed by atoms with van der Waals surface area (Å²) in [7, 11) is 1.79. The molecule has 1 aliphatic heterocycles. The Bertz CT molecular complexity index is 633. The summed E-state index contributed by atoms with van der Waals surface area (Å²) in [6, 6.07) is 9.50. The second-order valence-electron chi connectivity index (χ2n) is 5.33. The van der Waals surface area contributed by atoms with E-state index in [0.29, 0.717) is 6.54 Å². The van der Waals surface area contributed by atoms with Crippen LogP contribution < -0.4 is 5.32 Å². The maximum atomic E-state index is 12.3. The van der Waals surface area contributed by atoms with Crippen molar-refractivity contribution in [3.63, 3.8) is 0 Å². The number of hydrogen-bond acceptors (Lipinski definition) is 3. The zero-order chi connectivity index (χ0) is 14.7. The maximum absolute atomic E-state index is 12.3. The van der Waals surface area contributed by atoms with Crippen LogP contribution in [0.5, 0.6) is 0 Å². The number of urea groups is 1. The van der Waals surface area contributed by atoms with Gasteiger partial charge in [-0.25, -0.2) is 4.79 Å². The van der Waals surface area contributed by atoms with Crippen LogP contribution in [0, 0.1) is 0 Å². The van der Waals surface area contributed by atoms with Crippen molar-refractivity contribution in [1.82, 2.24) is 9.88 Å². The summed E-state index contributed by atoms with van der Waals surface area (Å²) >= 11 is 0. The highest BCUT2D eigenvalue weighted by molar-refractivity contribution is 5.99. The summed E-state index contributed by atoms with van der Waals surface area (Å²) in [5.74, 6) is 0. The molecule has 110 valence electrons. The number of fused-ring (bicyclic) bond motifs is 1. The molecule has 5 heteroatoms. The third-order valence-electron chi connectivity index (χ3n) is 3.72. The normalized spacial score (nSPS) is 17.9. The van der Waals surface area contributed by atoms with E-state index >= 15 is 0 Å². The van der Waals surface area contributed by atoms with Gasteiger partial charge in [-0.05, 0) is 25.0 Å². The van der Waals surface area contributed by atoms with Crippen molar-refractivity contribution in [1.29, 1.82) is 0 Å². The van der Waals surface area contributed by atoms with E-state index in [2.05, 4.69) is 10.3 Å². The minimum atomic E-state index is -0.136. The van der Waals surface area contributed by atoms with Gasteiger partial charge in [0.2, 0.25) is 0 Å². The zero-order valence-electron chi connectivity index (χ0n) is 12.1. The van der Waals surface area contributed by atoms with Gasteiger partial charge in [-0.3, -0.25) is 4.98 Å². The molecule has 0 unspecified atom stereocenters. The standard InChI is InChI=1S/C16H19N3O2/c1-19(11-13-7-4-10-21-13)16(20)18-14-8-2-5-12-6-3-9-17-15(12)14/h2-3,5-6,8-9,13H,4,7,10-11H2,1H3,(H,18,20)/t13-/m0/s1. The third-order valence-corrected chi connectivity index (χ3v) is 3.72. The number of ether oxygens (including phenoxy) is 1. The number of nitrogens with zero attached hydrogens (tertiary/aromatic N) is 2. The van der Waals surface area contributed by atoms with Gasteiger partial charge < -0.3 is 15.0 Å². The Hall–Kier alpha value is -2.14. The van der Waals surface area contributed by atoms with Gasteiger partial charge in [0.1, 0.15) is 0 Å². The first-order chi connectivity index (χ1) is 10.2. The second kappa shape index (κ2) is 6.10. The highest BCUT2D eigenvalue weighted by Crippen LogP contribution is 2.21. The average molecular weight is 285 g/mol. The van der Waals surface area contributed by atoms with Gasteiger partial charge >= 0.3 is 6.03 Å². The quantitative estimate of drug-likeness (QED) is 0.943. The van der Waals surface area contributed by atoms with Gasteiger partial charge in [0, 0.05) is 31.8 Å². The number of pyridine rings is 1. The lowest BCUT2D eigenvalue weighted by Crippen LogP contribution is -2.37. The first-order valence-electron chi connectivity index (χ1n) is 7.21. The van der Waals surface area contributed by atoms with Crippen molar-refractivity contribution in [3.8, 4) is 0 Å². The molecular formula is C16H19N3O2. The number of hydrogen-bond donors (Lipinski definition) is 1. The van der Waals surface area contributed by atoms with Crippen LogP contribution in [0.3, 0.4) is 0 Å². The molecule has 1 aliphatic rings. The fraction of sp³-hybridized carbons (Fsp3) is 0.375. The second-order valence-corrected chi connectivity index (χ2v) is 5.33. The summed E-state index contributed by atoms with van der Waals surface area (Å²) < 4.78 is 5.56. The molecular weight excluding hydrogens is 266 g/mol. The molecule has 21 heavy (non-hydrogen) atoms. The number of nitrogens with one attached hydrogen (secondary N) is 1. The van der Waals surface area contributed by atoms with Gasteiger partial charge in [0.15, 0.2) is 0 Å². The van der Waals surface area contributed by atoms with E-state index in [1.807, 2.05) is 30.3 Å². The number of benzene rings is 1. The largest absolute Gasteiger partial charge is 0.376 e. The van der Waals surface area contributed by atoms with E-state index in [-0.39, 0.29) is 12.1 Å². The number of para-hydroxylation sites is 1. The lowest BCUT2D eigenvalue weighted by atomic mass is 10.2. The van der Waals surface area contributed by atoms with Crippen molar-refractivity contribution in [2.45, 2.75) is 18.9 Å². The summed E-state index contributed by atoms with van der Waals surface area (Å²) in [4.78, 5) is 18.3. The predicted octanol–water partition coefficient (Wildman–Crippen LogP) is 2.88. The van der Waals surface area contributed by atoms with Crippen LogP contribution in [-0.4, -0.2) is 42.2 Å². The summed E-state index contributed by atoms with van der Waals surface area (Å²) in [5, 5.41) is 3.94. The van der Waals surface area contributed by atoms with Gasteiger partial charge in [0.25, 0.3) is 0 Å². The fourth-order valence-corrected chi connectivity index (χ4v) is 2.59. The minimum absolute atomic E-state index is 0.136. The van der Waals surface area contributed by atoms with E-state index in [4.69, 9.17) is 4.74 Å². The van der Waals surface area contributed by atoms with Crippen LogP contribution in [0.4, 0.5) is 10.5 Å². The third kappa shape index (κ3) is 3.13. The molecule has 3 rings (SSSR count). The Morgan fingerprint density at radius 3 is 3.10 bits per heavy atom. The highest BCUT2D eigenvalue weighted by atomic mass is 16.5. The monoisotopic (exact) mass is 285 g/mol. The first kappa shape index (κ1) is 13.8. The van der Waals surface area contributed by atoms with Crippen LogP contribution in [-0.2, 0) is 4.74 Å². The molecule has 5 nitrogen and oxygen atoms in total. The molecule has 0 radical (unpaired) electrons. The molecule has 1 atom stereocenters. The molecule has 2 heterocycles. The first-order valence-corrected chi connectivity index (χ1v) is 7.21. The molecule has 1 saturated heterocycles. The maximum Gasteiger partial charge on any atom is 0.321 e. The number of likely N-dealkylation sites (N-methyl/N-ethyl adjacent to an activating group) is 1. The Kier molecular flexibility index (Phi) is 4.01. The molecule has 1 aromatic carbocycles. The Morgan fingerprint density at radius 1 is 1.43 bits per heavy atom. The molecule has 1 aromatic heterocycles. The highest BCUT2D eigenvalue weighted by Gasteiger charge is 2.20. The SMILES string of the molecule is CN(C[C@@H]1CCCO1)C(=O)Nc1cccc2cccnc12. The molecule has 2 amide bonds. The van der Waals surface area contributed by atoms with Gasteiger partial charge in [0.05, 0.1) is 17.3 Å². The minimum Gasteiger partial charge on any atom is -0.376 e. The number of amides is 2. The molecule has 0 bridgehead atoms. The predicted molar refractivity (Wildman–Crippen MR) is 82.4 cm³/mol. The van der Waals surface area contributed by atoms with Crippen LogP contribution in [0.15, 0.2) is 36.5 Å². The topological polar surface area (TPSA) is 54.5 Å². The van der Waals surface area contributed by atoms with E-state index < -0.39 is 0 Å². The lowest BCUT2D eigenvalue weighted by Gasteiger charge is -2.21. The number of anilines is 1. The summed E-state index contributed by atoms with van der Waals surface area (Å²) in [5.41, 5.74) is 1.54. The number of carbonyl (C=O) groups excluding carboxylic acids is 1. The lowest BCUT2D eigenvalue weighted by molar-refractivity contribution is 0.0894. The number of rotatable bonds is 3. The van der Waals surface area contributed by atoms with Crippen LogP contribution in [0.2, 0.25) is 0 Å². The van der Waals surface area contributed by atoms with Gasteiger partial charge in [-0.1, -0.05) is 18.2 Å². The van der Waals surface area contributed by atoms with E-state index in [1.165, 1.54) is 0 Å². The van der Waals surface area contributed by atoms with Crippen molar-refractivity contribution in [3.05, 3.63) is 36.5 Å². The summed E-state index contributed by atoms with van der Waals surface area (Å²) in [6.07, 6.45) is 3.99. The van der Waals surface area contributed by atoms with Crippen LogP contribution >= 0.6 is 0 Å². The molecule has 2 aromatic rings. The molecule has 0 spiro atoms. The fourth-order valence-electron chi connectivity index (χ4n) is 2.59. The molecule has 1 fully saturated rings. The molecule has 1 N–H and O–H groups in total. The average Bonchev–Trinajstić information content (AvgIpc) is 3.00. The van der Waals surface area contributed by atoms with Gasteiger partial charge in [-0.2, -0.15) is 0 Å². The van der Waals surface area contributed by atoms with E-state index in [9.17, 15) is 4.79 Å². The molecule has 0 saturated carbocycles. The van der Waals surface area contributed by atoms with Crippen molar-refractivity contribution in [2.75, 3.05) is 25.5 Å². The molecule has 0 aliphatic carbocycles. The Labute approximate surface area is 123 Å². The van der Waals surface area contributed by atoms with Crippen molar-refractivity contribution < 1.29 is 9.53 Å². The van der Waals surface area contributed by atoms with Crippen LogP contribution in [0.25, 0.3) is 10.9 Å². The Morgan fingerprint density at radius 2 is 2.29 bits per heavy atom.